The highest BCUT2D eigenvalue weighted by Crippen LogP contribution is 2.64. The van der Waals surface area contributed by atoms with Crippen LogP contribution >= 0.6 is 11.8 Å². The Labute approximate surface area is 142 Å². The molecule has 1 aromatic carbocycles. The van der Waals surface area contributed by atoms with E-state index in [-0.39, 0.29) is 0 Å². The number of hydrogen-bond donors (Lipinski definition) is 0. The molecule has 2 unspecified atom stereocenters. The van der Waals surface area contributed by atoms with E-state index in [9.17, 15) is 0 Å². The van der Waals surface area contributed by atoms with Crippen molar-refractivity contribution in [2.75, 3.05) is 0 Å². The van der Waals surface area contributed by atoms with Gasteiger partial charge in [0.25, 0.3) is 0 Å². The lowest BCUT2D eigenvalue weighted by Gasteiger charge is -2.35. The molecule has 1 heteroatoms. The molecular weight excluding hydrogens is 284 g/mol. The molecule has 0 radical (unpaired) electrons. The Morgan fingerprint density at radius 2 is 1.32 bits per heavy atom. The molecule has 0 N–H and O–H groups in total. The molecule has 22 heavy (non-hydrogen) atoms. The fourth-order valence-corrected chi connectivity index (χ4v) is 5.99. The Kier molecular flexibility index (Phi) is 5.69. The summed E-state index contributed by atoms with van der Waals surface area (Å²) in [7, 11) is 0. The van der Waals surface area contributed by atoms with Gasteiger partial charge in [-0.3, -0.25) is 0 Å². The molecule has 0 saturated heterocycles. The van der Waals surface area contributed by atoms with Gasteiger partial charge in [-0.15, -0.1) is 11.8 Å². The van der Waals surface area contributed by atoms with Gasteiger partial charge < -0.3 is 0 Å². The van der Waals surface area contributed by atoms with E-state index in [1.807, 2.05) is 0 Å². The Balaban J connectivity index is 2.33. The largest absolute Gasteiger partial charge is 0.144 e. The zero-order valence-electron chi connectivity index (χ0n) is 15.4. The topological polar surface area (TPSA) is 0 Å². The number of unbranched alkanes of at least 4 members (excludes halogenated alkanes) is 1. The van der Waals surface area contributed by atoms with Gasteiger partial charge in [-0.1, -0.05) is 85.1 Å². The van der Waals surface area contributed by atoms with Crippen molar-refractivity contribution >= 4 is 11.8 Å². The van der Waals surface area contributed by atoms with Gasteiger partial charge in [-0.2, -0.15) is 0 Å². The predicted molar refractivity (Wildman–Crippen MR) is 102 cm³/mol. The van der Waals surface area contributed by atoms with E-state index >= 15 is 0 Å². The first-order chi connectivity index (χ1) is 10.3. The SMILES string of the molecule is CCCCC(C)(C)C1SC(C(C)(C)CCC)c2ccccc21. The Hall–Kier alpha value is -0.430. The third kappa shape index (κ3) is 3.55. The maximum absolute atomic E-state index is 2.48. The minimum atomic E-state index is 0.380. The first kappa shape index (κ1) is 17.9. The number of rotatable bonds is 7. The fourth-order valence-electron chi connectivity index (χ4n) is 4.02. The van der Waals surface area contributed by atoms with Crippen LogP contribution in [0.3, 0.4) is 0 Å². The van der Waals surface area contributed by atoms with Crippen molar-refractivity contribution in [3.8, 4) is 0 Å². The molecule has 1 aromatic rings. The van der Waals surface area contributed by atoms with Crippen LogP contribution in [-0.4, -0.2) is 0 Å². The van der Waals surface area contributed by atoms with Crippen LogP contribution in [0.1, 0.15) is 95.3 Å². The van der Waals surface area contributed by atoms with Crippen LogP contribution in [0.25, 0.3) is 0 Å². The molecule has 0 fully saturated rings. The molecule has 0 saturated carbocycles. The molecular formula is C21H34S. The van der Waals surface area contributed by atoms with Crippen molar-refractivity contribution in [1.82, 2.24) is 0 Å². The first-order valence-electron chi connectivity index (χ1n) is 9.07. The molecule has 124 valence electrons. The minimum absolute atomic E-state index is 0.380. The van der Waals surface area contributed by atoms with Crippen LogP contribution in [0, 0.1) is 10.8 Å². The molecule has 2 rings (SSSR count). The van der Waals surface area contributed by atoms with Crippen molar-refractivity contribution in [1.29, 1.82) is 0 Å². The second-order valence-corrected chi connectivity index (χ2v) is 9.57. The predicted octanol–water partition coefficient (Wildman–Crippen LogP) is 7.56. The number of fused-ring (bicyclic) bond motifs is 1. The van der Waals surface area contributed by atoms with Gasteiger partial charge >= 0.3 is 0 Å². The van der Waals surface area contributed by atoms with Crippen molar-refractivity contribution in [3.05, 3.63) is 35.4 Å². The van der Waals surface area contributed by atoms with E-state index < -0.39 is 0 Å². The maximum atomic E-state index is 2.48. The second-order valence-electron chi connectivity index (χ2n) is 8.36. The Bertz CT molecular complexity index is 486. The normalized spacial score (nSPS) is 21.9. The second kappa shape index (κ2) is 6.99. The van der Waals surface area contributed by atoms with Gasteiger partial charge in [0, 0.05) is 10.5 Å². The summed E-state index contributed by atoms with van der Waals surface area (Å²) in [6, 6.07) is 9.25. The standard InChI is InChI=1S/C21H34S/c1-7-9-15-21(5,6)19-17-13-11-10-12-16(17)18(22-19)20(3,4)14-8-2/h10-13,18-19H,7-9,14-15H2,1-6H3. The molecule has 0 aromatic heterocycles. The summed E-state index contributed by atoms with van der Waals surface area (Å²) in [4.78, 5) is 0. The van der Waals surface area contributed by atoms with Gasteiger partial charge in [0.15, 0.2) is 0 Å². The highest BCUT2D eigenvalue weighted by molar-refractivity contribution is 8.00. The highest BCUT2D eigenvalue weighted by atomic mass is 32.2. The number of hydrogen-bond acceptors (Lipinski definition) is 1. The van der Waals surface area contributed by atoms with Gasteiger partial charge in [-0.05, 0) is 34.8 Å². The highest BCUT2D eigenvalue weighted by Gasteiger charge is 2.45. The third-order valence-electron chi connectivity index (χ3n) is 5.32. The lowest BCUT2D eigenvalue weighted by Crippen LogP contribution is -2.20. The molecule has 1 aliphatic heterocycles. The van der Waals surface area contributed by atoms with Crippen LogP contribution in [-0.2, 0) is 0 Å². The van der Waals surface area contributed by atoms with Crippen molar-refractivity contribution in [3.63, 3.8) is 0 Å². The van der Waals surface area contributed by atoms with Crippen molar-refractivity contribution in [2.24, 2.45) is 10.8 Å². The van der Waals surface area contributed by atoms with Crippen molar-refractivity contribution in [2.45, 2.75) is 84.1 Å². The van der Waals surface area contributed by atoms with Gasteiger partial charge in [0.1, 0.15) is 0 Å². The van der Waals surface area contributed by atoms with E-state index in [0.717, 1.165) is 0 Å². The summed E-state index contributed by atoms with van der Waals surface area (Å²) in [6.07, 6.45) is 6.55. The van der Waals surface area contributed by atoms with E-state index in [0.29, 0.717) is 21.3 Å². The summed E-state index contributed by atoms with van der Waals surface area (Å²) in [6.45, 7) is 14.5. The summed E-state index contributed by atoms with van der Waals surface area (Å²) < 4.78 is 0. The average molecular weight is 319 g/mol. The third-order valence-corrected chi connectivity index (χ3v) is 7.65. The molecule has 0 nitrogen and oxygen atoms in total. The van der Waals surface area contributed by atoms with E-state index in [4.69, 9.17) is 0 Å². The minimum Gasteiger partial charge on any atom is -0.144 e. The van der Waals surface area contributed by atoms with Gasteiger partial charge in [0.2, 0.25) is 0 Å². The first-order valence-corrected chi connectivity index (χ1v) is 10.0. The Morgan fingerprint density at radius 1 is 0.818 bits per heavy atom. The van der Waals surface area contributed by atoms with Crippen molar-refractivity contribution < 1.29 is 0 Å². The van der Waals surface area contributed by atoms with Crippen LogP contribution in [0.15, 0.2) is 24.3 Å². The van der Waals surface area contributed by atoms with Crippen LogP contribution in [0.2, 0.25) is 0 Å². The average Bonchev–Trinajstić information content (AvgIpc) is 2.86. The quantitative estimate of drug-likeness (QED) is 0.500. The summed E-state index contributed by atoms with van der Waals surface area (Å²) in [5.74, 6) is 0. The molecule has 0 spiro atoms. The zero-order chi connectivity index (χ0) is 16.4. The molecule has 0 bridgehead atoms. The van der Waals surface area contributed by atoms with E-state index in [2.05, 4.69) is 77.6 Å². The van der Waals surface area contributed by atoms with Gasteiger partial charge in [0.05, 0.1) is 0 Å². The van der Waals surface area contributed by atoms with Crippen LogP contribution in [0.5, 0.6) is 0 Å². The lowest BCUT2D eigenvalue weighted by atomic mass is 9.76. The molecule has 2 atom stereocenters. The monoisotopic (exact) mass is 318 g/mol. The lowest BCUT2D eigenvalue weighted by molar-refractivity contribution is 0.313. The van der Waals surface area contributed by atoms with Gasteiger partial charge in [-0.25, -0.2) is 0 Å². The molecule has 1 aliphatic rings. The fraction of sp³-hybridized carbons (Fsp3) is 0.714. The number of thioether (sulfide) groups is 1. The Morgan fingerprint density at radius 3 is 1.77 bits per heavy atom. The summed E-state index contributed by atoms with van der Waals surface area (Å²) in [5.41, 5.74) is 3.99. The van der Waals surface area contributed by atoms with E-state index in [1.54, 1.807) is 11.1 Å². The number of benzene rings is 1. The summed E-state index contributed by atoms with van der Waals surface area (Å²) >= 11 is 2.24. The molecule has 0 amide bonds. The smallest absolute Gasteiger partial charge is 0.0357 e. The molecule has 1 heterocycles. The zero-order valence-corrected chi connectivity index (χ0v) is 16.2. The maximum Gasteiger partial charge on any atom is 0.0357 e. The van der Waals surface area contributed by atoms with Crippen LogP contribution in [0.4, 0.5) is 0 Å². The van der Waals surface area contributed by atoms with E-state index in [1.165, 1.54) is 32.1 Å². The summed E-state index contributed by atoms with van der Waals surface area (Å²) in [5, 5.41) is 1.30. The van der Waals surface area contributed by atoms with Crippen LogP contribution < -0.4 is 0 Å². The molecule has 0 aliphatic carbocycles.